The van der Waals surface area contributed by atoms with Gasteiger partial charge in [-0.15, -0.1) is 12.4 Å². The number of amides is 2. The van der Waals surface area contributed by atoms with Gasteiger partial charge < -0.3 is 25.4 Å². The molecule has 0 bridgehead atoms. The number of nitrogens with one attached hydrogen (secondary N) is 1. The molecule has 7 nitrogen and oxygen atoms in total. The van der Waals surface area contributed by atoms with Gasteiger partial charge in [0.25, 0.3) is 0 Å². The molecule has 3 rings (SSSR count). The Labute approximate surface area is 146 Å². The van der Waals surface area contributed by atoms with E-state index in [1.54, 1.807) is 0 Å². The van der Waals surface area contributed by atoms with E-state index in [-0.39, 0.29) is 43.4 Å². The average molecular weight is 356 g/mol. The van der Waals surface area contributed by atoms with Gasteiger partial charge in [-0.1, -0.05) is 6.07 Å². The molecule has 0 radical (unpaired) electrons. The first kappa shape index (κ1) is 18.4. The minimum absolute atomic E-state index is 0. The standard InChI is InChI=1S/C16H21N3O4.ClH/c17-9-15(20)18-10-16(21)19-5-1-2-12(19)11-3-4-13-14(8-11)23-7-6-22-13;/h3-4,8,12H,1-2,5-7,9-10,17H2,(H,18,20);1H. The van der Waals surface area contributed by atoms with E-state index < -0.39 is 0 Å². The lowest BCUT2D eigenvalue weighted by atomic mass is 10.0. The molecule has 1 aromatic carbocycles. The highest BCUT2D eigenvalue weighted by molar-refractivity contribution is 5.86. The molecule has 0 spiro atoms. The molecule has 132 valence electrons. The van der Waals surface area contributed by atoms with Crippen molar-refractivity contribution in [3.63, 3.8) is 0 Å². The van der Waals surface area contributed by atoms with Crippen molar-refractivity contribution in [1.82, 2.24) is 10.2 Å². The third kappa shape index (κ3) is 3.91. The zero-order chi connectivity index (χ0) is 16.2. The summed E-state index contributed by atoms with van der Waals surface area (Å²) in [4.78, 5) is 25.4. The highest BCUT2D eigenvalue weighted by atomic mass is 35.5. The number of carbonyl (C=O) groups is 2. The maximum Gasteiger partial charge on any atom is 0.242 e. The number of likely N-dealkylation sites (tertiary alicyclic amines) is 1. The van der Waals surface area contributed by atoms with Crippen LogP contribution >= 0.6 is 12.4 Å². The molecule has 1 aromatic rings. The molecule has 1 unspecified atom stereocenters. The third-order valence-electron chi connectivity index (χ3n) is 4.15. The Morgan fingerprint density at radius 2 is 2.00 bits per heavy atom. The van der Waals surface area contributed by atoms with Crippen molar-refractivity contribution < 1.29 is 19.1 Å². The maximum atomic E-state index is 12.4. The van der Waals surface area contributed by atoms with Crippen molar-refractivity contribution in [2.45, 2.75) is 18.9 Å². The highest BCUT2D eigenvalue weighted by Crippen LogP contribution is 2.37. The number of halogens is 1. The summed E-state index contributed by atoms with van der Waals surface area (Å²) >= 11 is 0. The fourth-order valence-corrected chi connectivity index (χ4v) is 3.03. The normalized spacial score (nSPS) is 18.7. The van der Waals surface area contributed by atoms with Gasteiger partial charge >= 0.3 is 0 Å². The molecule has 24 heavy (non-hydrogen) atoms. The first-order valence-electron chi connectivity index (χ1n) is 7.85. The van der Waals surface area contributed by atoms with Gasteiger partial charge in [0.05, 0.1) is 19.1 Å². The van der Waals surface area contributed by atoms with Gasteiger partial charge in [-0.05, 0) is 30.5 Å². The summed E-state index contributed by atoms with van der Waals surface area (Å²) in [5.41, 5.74) is 6.26. The first-order valence-corrected chi connectivity index (χ1v) is 7.85. The van der Waals surface area contributed by atoms with Crippen LogP contribution in [0.1, 0.15) is 24.4 Å². The van der Waals surface area contributed by atoms with Crippen molar-refractivity contribution >= 4 is 24.2 Å². The first-order chi connectivity index (χ1) is 11.2. The van der Waals surface area contributed by atoms with E-state index in [4.69, 9.17) is 15.2 Å². The molecule has 2 heterocycles. The van der Waals surface area contributed by atoms with Gasteiger partial charge in [0.1, 0.15) is 13.2 Å². The number of fused-ring (bicyclic) bond motifs is 1. The molecule has 1 fully saturated rings. The van der Waals surface area contributed by atoms with E-state index in [2.05, 4.69) is 5.32 Å². The Kier molecular flexibility index (Phi) is 6.28. The lowest BCUT2D eigenvalue weighted by Gasteiger charge is -2.27. The second-order valence-corrected chi connectivity index (χ2v) is 5.63. The van der Waals surface area contributed by atoms with Crippen LogP contribution in [-0.4, -0.2) is 49.6 Å². The van der Waals surface area contributed by atoms with E-state index in [1.807, 2.05) is 23.1 Å². The van der Waals surface area contributed by atoms with Gasteiger partial charge in [0, 0.05) is 6.54 Å². The molecule has 2 aliphatic rings. The fourth-order valence-electron chi connectivity index (χ4n) is 3.03. The predicted molar refractivity (Wildman–Crippen MR) is 90.4 cm³/mol. The number of benzene rings is 1. The van der Waals surface area contributed by atoms with Gasteiger partial charge in [-0.25, -0.2) is 0 Å². The summed E-state index contributed by atoms with van der Waals surface area (Å²) in [6, 6.07) is 5.82. The molecule has 3 N–H and O–H groups in total. The van der Waals surface area contributed by atoms with E-state index in [9.17, 15) is 9.59 Å². The maximum absolute atomic E-state index is 12.4. The van der Waals surface area contributed by atoms with E-state index in [1.165, 1.54) is 0 Å². The molecule has 2 amide bonds. The molecule has 1 saturated heterocycles. The number of nitrogens with two attached hydrogens (primary N) is 1. The molecule has 8 heteroatoms. The Balaban J connectivity index is 0.00000208. The summed E-state index contributed by atoms with van der Waals surface area (Å²) in [5.74, 6) is 1.05. The van der Waals surface area contributed by atoms with Crippen LogP contribution < -0.4 is 20.5 Å². The Morgan fingerprint density at radius 3 is 2.75 bits per heavy atom. The van der Waals surface area contributed by atoms with Crippen molar-refractivity contribution in [1.29, 1.82) is 0 Å². The Bertz CT molecular complexity index is 611. The SMILES string of the molecule is Cl.NCC(=O)NCC(=O)N1CCCC1c1ccc2c(c1)OCCO2. The largest absolute Gasteiger partial charge is 0.486 e. The molecule has 2 aliphatic heterocycles. The minimum atomic E-state index is -0.326. The summed E-state index contributed by atoms with van der Waals surface area (Å²) in [7, 11) is 0. The third-order valence-corrected chi connectivity index (χ3v) is 4.15. The van der Waals surface area contributed by atoms with Gasteiger partial charge in [-0.3, -0.25) is 9.59 Å². The van der Waals surface area contributed by atoms with E-state index >= 15 is 0 Å². The lowest BCUT2D eigenvalue weighted by Crippen LogP contribution is -2.41. The molecule has 0 aliphatic carbocycles. The van der Waals surface area contributed by atoms with E-state index in [0.29, 0.717) is 19.8 Å². The number of hydrogen-bond donors (Lipinski definition) is 2. The lowest BCUT2D eigenvalue weighted by molar-refractivity contribution is -0.133. The van der Waals surface area contributed by atoms with Crippen molar-refractivity contribution in [2.24, 2.45) is 5.73 Å². The summed E-state index contributed by atoms with van der Waals surface area (Å²) < 4.78 is 11.1. The van der Waals surface area contributed by atoms with Gasteiger partial charge in [-0.2, -0.15) is 0 Å². The number of nitrogens with zero attached hydrogens (tertiary/aromatic N) is 1. The van der Waals surface area contributed by atoms with Gasteiger partial charge in [0.15, 0.2) is 11.5 Å². The van der Waals surface area contributed by atoms with Crippen molar-refractivity contribution in [3.05, 3.63) is 23.8 Å². The van der Waals surface area contributed by atoms with Crippen LogP contribution in [0.25, 0.3) is 0 Å². The second-order valence-electron chi connectivity index (χ2n) is 5.63. The van der Waals surface area contributed by atoms with Crippen LogP contribution in [-0.2, 0) is 9.59 Å². The molecule has 1 atom stereocenters. The monoisotopic (exact) mass is 355 g/mol. The van der Waals surface area contributed by atoms with Crippen LogP contribution in [0.4, 0.5) is 0 Å². The quantitative estimate of drug-likeness (QED) is 0.825. The fraction of sp³-hybridized carbons (Fsp3) is 0.500. The zero-order valence-electron chi connectivity index (χ0n) is 13.3. The second kappa shape index (κ2) is 8.21. The molecular weight excluding hydrogens is 334 g/mol. The average Bonchev–Trinajstić information content (AvgIpc) is 3.08. The van der Waals surface area contributed by atoms with Crippen LogP contribution in [0.2, 0.25) is 0 Å². The van der Waals surface area contributed by atoms with Crippen LogP contribution in [0.3, 0.4) is 0 Å². The van der Waals surface area contributed by atoms with Crippen LogP contribution in [0.5, 0.6) is 11.5 Å². The number of ether oxygens (including phenoxy) is 2. The molecule has 0 saturated carbocycles. The molecule has 0 aromatic heterocycles. The van der Waals surface area contributed by atoms with Crippen LogP contribution in [0.15, 0.2) is 18.2 Å². The van der Waals surface area contributed by atoms with Gasteiger partial charge in [0.2, 0.25) is 11.8 Å². The number of rotatable bonds is 4. The van der Waals surface area contributed by atoms with Crippen molar-refractivity contribution in [2.75, 3.05) is 32.8 Å². The van der Waals surface area contributed by atoms with E-state index in [0.717, 1.165) is 29.9 Å². The Hall–Kier alpha value is -1.99. The van der Waals surface area contributed by atoms with Crippen LogP contribution in [0, 0.1) is 0 Å². The summed E-state index contributed by atoms with van der Waals surface area (Å²) in [5, 5.41) is 2.53. The topological polar surface area (TPSA) is 93.9 Å². The highest BCUT2D eigenvalue weighted by Gasteiger charge is 2.30. The summed E-state index contributed by atoms with van der Waals surface area (Å²) in [6.07, 6.45) is 1.84. The zero-order valence-corrected chi connectivity index (χ0v) is 14.1. The number of hydrogen-bond acceptors (Lipinski definition) is 5. The smallest absolute Gasteiger partial charge is 0.242 e. The number of carbonyl (C=O) groups excluding carboxylic acids is 2. The Morgan fingerprint density at radius 1 is 1.25 bits per heavy atom. The van der Waals surface area contributed by atoms with Crippen molar-refractivity contribution in [3.8, 4) is 11.5 Å². The minimum Gasteiger partial charge on any atom is -0.486 e. The summed E-state index contributed by atoms with van der Waals surface area (Å²) in [6.45, 7) is 1.66. The predicted octanol–water partition coefficient (Wildman–Crippen LogP) is 0.618. The molecular formula is C16H22ClN3O4.